The lowest BCUT2D eigenvalue weighted by atomic mass is 10.3. The van der Waals surface area contributed by atoms with E-state index in [9.17, 15) is 9.59 Å². The van der Waals surface area contributed by atoms with Crippen LogP contribution in [0.4, 0.5) is 0 Å². The molecule has 0 saturated heterocycles. The van der Waals surface area contributed by atoms with E-state index in [4.69, 9.17) is 0 Å². The molecule has 0 aromatic carbocycles. The van der Waals surface area contributed by atoms with Crippen LogP contribution in [0.3, 0.4) is 0 Å². The highest BCUT2D eigenvalue weighted by Gasteiger charge is 2.05. The first-order valence-corrected chi connectivity index (χ1v) is 5.32. The highest BCUT2D eigenvalue weighted by Crippen LogP contribution is 1.93. The van der Waals surface area contributed by atoms with Crippen LogP contribution in [-0.4, -0.2) is 14.0 Å². The molecule has 5 heteroatoms. The van der Waals surface area contributed by atoms with E-state index in [2.05, 4.69) is 4.98 Å². The lowest BCUT2D eigenvalue weighted by Crippen LogP contribution is -2.39. The molecule has 0 aliphatic heterocycles. The molecular formula is C11H13N3O2. The van der Waals surface area contributed by atoms with Gasteiger partial charge in [-0.25, -0.2) is 14.2 Å². The molecule has 0 fully saturated rings. The van der Waals surface area contributed by atoms with Gasteiger partial charge >= 0.3 is 11.4 Å². The molecule has 5 nitrogen and oxygen atoms in total. The first-order chi connectivity index (χ1) is 7.74. The summed E-state index contributed by atoms with van der Waals surface area (Å²) in [4.78, 5) is 27.4. The van der Waals surface area contributed by atoms with Crippen LogP contribution in [0.15, 0.2) is 34.0 Å². The lowest BCUT2D eigenvalue weighted by molar-refractivity contribution is 0.562. The molecule has 2 heterocycles. The van der Waals surface area contributed by atoms with E-state index in [1.165, 1.54) is 8.97 Å². The fourth-order valence-electron chi connectivity index (χ4n) is 1.56. The minimum absolute atomic E-state index is 0.316. The predicted octanol–water partition coefficient (Wildman–Crippen LogP) is 0.656. The molecule has 0 bridgehead atoms. The zero-order valence-electron chi connectivity index (χ0n) is 9.09. The second-order valence-corrected chi connectivity index (χ2v) is 3.61. The first kappa shape index (κ1) is 10.6. The molecule has 0 radical (unpaired) electrons. The summed E-state index contributed by atoms with van der Waals surface area (Å²) < 4.78 is 2.56. The number of hydrogen-bond donors (Lipinski definition) is 0. The Balaban J connectivity index is 2.66. The van der Waals surface area contributed by atoms with Crippen LogP contribution >= 0.6 is 0 Å². The maximum Gasteiger partial charge on any atom is 0.353 e. The van der Waals surface area contributed by atoms with Crippen molar-refractivity contribution >= 4 is 5.65 Å². The maximum atomic E-state index is 11.9. The summed E-state index contributed by atoms with van der Waals surface area (Å²) in [5.74, 6) is 0. The van der Waals surface area contributed by atoms with Crippen molar-refractivity contribution in [1.29, 1.82) is 0 Å². The molecule has 0 saturated carbocycles. The summed E-state index contributed by atoms with van der Waals surface area (Å²) in [6, 6.07) is 5.13. The number of unbranched alkanes of at least 4 members (excludes halogenated alkanes) is 1. The second kappa shape index (κ2) is 4.30. The zero-order chi connectivity index (χ0) is 11.5. The Hall–Kier alpha value is -1.91. The second-order valence-electron chi connectivity index (χ2n) is 3.61. The number of pyridine rings is 1. The van der Waals surface area contributed by atoms with Gasteiger partial charge in [-0.1, -0.05) is 19.4 Å². The fourth-order valence-corrected chi connectivity index (χ4v) is 1.56. The van der Waals surface area contributed by atoms with E-state index in [-0.39, 0.29) is 5.69 Å². The van der Waals surface area contributed by atoms with E-state index >= 15 is 0 Å². The summed E-state index contributed by atoms with van der Waals surface area (Å²) in [5.41, 5.74) is -0.390. The van der Waals surface area contributed by atoms with Crippen LogP contribution in [0.2, 0.25) is 0 Å². The van der Waals surface area contributed by atoms with Gasteiger partial charge in [0.2, 0.25) is 0 Å². The number of aromatic nitrogens is 3. The maximum absolute atomic E-state index is 11.9. The van der Waals surface area contributed by atoms with Crippen molar-refractivity contribution < 1.29 is 0 Å². The van der Waals surface area contributed by atoms with Crippen molar-refractivity contribution in [2.75, 3.05) is 0 Å². The summed E-state index contributed by atoms with van der Waals surface area (Å²) >= 11 is 0. The highest BCUT2D eigenvalue weighted by molar-refractivity contribution is 5.35. The van der Waals surface area contributed by atoms with Crippen LogP contribution in [0.25, 0.3) is 5.65 Å². The van der Waals surface area contributed by atoms with Gasteiger partial charge in [-0.3, -0.25) is 4.40 Å². The van der Waals surface area contributed by atoms with Gasteiger partial charge in [0.05, 0.1) is 0 Å². The summed E-state index contributed by atoms with van der Waals surface area (Å²) in [7, 11) is 0. The van der Waals surface area contributed by atoms with Crippen LogP contribution in [0.5, 0.6) is 0 Å². The molecule has 0 amide bonds. The minimum atomic E-state index is -0.468. The Kier molecular flexibility index (Phi) is 2.85. The molecular weight excluding hydrogens is 206 g/mol. The van der Waals surface area contributed by atoms with Crippen LogP contribution in [0.1, 0.15) is 19.8 Å². The molecule has 0 unspecified atom stereocenters. The smallest absolute Gasteiger partial charge is 0.253 e. The van der Waals surface area contributed by atoms with E-state index in [1.807, 2.05) is 6.92 Å². The monoisotopic (exact) mass is 219 g/mol. The number of nitrogens with zero attached hydrogens (tertiary/aromatic N) is 3. The van der Waals surface area contributed by atoms with Gasteiger partial charge in [0.15, 0.2) is 0 Å². The van der Waals surface area contributed by atoms with Crippen LogP contribution in [0, 0.1) is 0 Å². The molecule has 16 heavy (non-hydrogen) atoms. The third kappa shape index (κ3) is 1.76. The Labute approximate surface area is 92.0 Å². The average molecular weight is 219 g/mol. The number of rotatable bonds is 3. The van der Waals surface area contributed by atoms with Crippen molar-refractivity contribution in [3.05, 3.63) is 45.4 Å². The molecule has 2 rings (SSSR count). The molecule has 0 atom stereocenters. The van der Waals surface area contributed by atoms with Crippen molar-refractivity contribution in [3.8, 4) is 0 Å². The zero-order valence-corrected chi connectivity index (χ0v) is 9.09. The van der Waals surface area contributed by atoms with Gasteiger partial charge < -0.3 is 0 Å². The van der Waals surface area contributed by atoms with E-state index in [1.54, 1.807) is 24.4 Å². The number of fused-ring (bicyclic) bond motifs is 1. The highest BCUT2D eigenvalue weighted by atomic mass is 16.2. The summed E-state index contributed by atoms with van der Waals surface area (Å²) in [5, 5.41) is 0. The molecule has 0 aliphatic carbocycles. The Morgan fingerprint density at radius 2 is 2.12 bits per heavy atom. The lowest BCUT2D eigenvalue weighted by Gasteiger charge is -2.04. The summed E-state index contributed by atoms with van der Waals surface area (Å²) in [6.07, 6.45) is 3.35. The normalized spacial score (nSPS) is 10.8. The molecule has 0 N–H and O–H groups in total. The van der Waals surface area contributed by atoms with Crippen LogP contribution in [-0.2, 0) is 6.54 Å². The van der Waals surface area contributed by atoms with Gasteiger partial charge in [0, 0.05) is 12.7 Å². The average Bonchev–Trinajstić information content (AvgIpc) is 2.29. The Morgan fingerprint density at radius 1 is 1.31 bits per heavy atom. The molecule has 84 valence electrons. The molecule has 0 aliphatic rings. The van der Waals surface area contributed by atoms with Gasteiger partial charge in [-0.05, 0) is 18.6 Å². The molecule has 0 spiro atoms. The quantitative estimate of drug-likeness (QED) is 0.761. The van der Waals surface area contributed by atoms with Crippen molar-refractivity contribution in [3.63, 3.8) is 0 Å². The predicted molar refractivity (Wildman–Crippen MR) is 60.6 cm³/mol. The van der Waals surface area contributed by atoms with E-state index < -0.39 is 5.69 Å². The van der Waals surface area contributed by atoms with Crippen molar-refractivity contribution in [1.82, 2.24) is 14.0 Å². The number of hydrogen-bond acceptors (Lipinski definition) is 3. The van der Waals surface area contributed by atoms with Crippen LogP contribution < -0.4 is 11.4 Å². The summed E-state index contributed by atoms with van der Waals surface area (Å²) in [6.45, 7) is 2.44. The van der Waals surface area contributed by atoms with Gasteiger partial charge in [0.25, 0.3) is 0 Å². The largest absolute Gasteiger partial charge is 0.353 e. The molecule has 2 aromatic heterocycles. The first-order valence-electron chi connectivity index (χ1n) is 5.32. The SMILES string of the molecule is CCCCn1c(=O)nc2ccccn2c1=O. The fraction of sp³-hybridized carbons (Fsp3) is 0.364. The van der Waals surface area contributed by atoms with E-state index in [0.29, 0.717) is 12.2 Å². The van der Waals surface area contributed by atoms with Gasteiger partial charge in [-0.15, -0.1) is 0 Å². The van der Waals surface area contributed by atoms with Gasteiger partial charge in [-0.2, -0.15) is 4.98 Å². The minimum Gasteiger partial charge on any atom is -0.253 e. The van der Waals surface area contributed by atoms with Gasteiger partial charge in [0.1, 0.15) is 5.65 Å². The van der Waals surface area contributed by atoms with Crippen molar-refractivity contribution in [2.45, 2.75) is 26.3 Å². The Morgan fingerprint density at radius 3 is 2.88 bits per heavy atom. The third-order valence-corrected chi connectivity index (χ3v) is 2.45. The third-order valence-electron chi connectivity index (χ3n) is 2.45. The van der Waals surface area contributed by atoms with E-state index in [0.717, 1.165) is 12.8 Å². The Bertz CT molecular complexity index is 612. The standard InChI is InChI=1S/C11H13N3O2/c1-2-3-7-14-10(15)12-9-6-4-5-8-13(9)11(14)16/h4-6,8H,2-3,7H2,1H3. The van der Waals surface area contributed by atoms with Crippen molar-refractivity contribution in [2.24, 2.45) is 0 Å². The molecule has 2 aromatic rings. The topological polar surface area (TPSA) is 56.4 Å².